The second kappa shape index (κ2) is 7.56. The standard InChI is InChI=1S/C19H20Cl2N2O/c1-12(19(24)23-18-11-14(20)9-10-16(18)21)22-17-8-4-6-13-5-2-3-7-15(13)17/h2-3,5,7,9-12,17,22H,4,6,8H2,1H3,(H,23,24)/t12-,17-/m0/s1. The normalized spacial score (nSPS) is 17.9. The molecule has 0 heterocycles. The third-order valence-corrected chi connectivity index (χ3v) is 4.96. The first-order valence-corrected chi connectivity index (χ1v) is 8.90. The van der Waals surface area contributed by atoms with Gasteiger partial charge in [-0.15, -0.1) is 0 Å². The van der Waals surface area contributed by atoms with Crippen LogP contribution in [0.25, 0.3) is 0 Å². The number of hydrogen-bond acceptors (Lipinski definition) is 2. The summed E-state index contributed by atoms with van der Waals surface area (Å²) in [4.78, 5) is 12.5. The van der Waals surface area contributed by atoms with E-state index in [1.807, 2.05) is 6.92 Å². The Hall–Kier alpha value is -1.55. The fraction of sp³-hybridized carbons (Fsp3) is 0.316. The molecule has 126 valence electrons. The van der Waals surface area contributed by atoms with Gasteiger partial charge in [-0.05, 0) is 55.5 Å². The van der Waals surface area contributed by atoms with Crippen molar-refractivity contribution in [3.63, 3.8) is 0 Å². The first-order valence-electron chi connectivity index (χ1n) is 8.14. The number of hydrogen-bond donors (Lipinski definition) is 2. The molecule has 0 fully saturated rings. The van der Waals surface area contributed by atoms with Crippen molar-refractivity contribution in [3.8, 4) is 0 Å². The van der Waals surface area contributed by atoms with E-state index in [2.05, 4.69) is 34.9 Å². The number of rotatable bonds is 4. The van der Waals surface area contributed by atoms with Gasteiger partial charge in [-0.1, -0.05) is 47.5 Å². The molecule has 0 aromatic heterocycles. The number of carbonyl (C=O) groups is 1. The van der Waals surface area contributed by atoms with E-state index in [9.17, 15) is 4.79 Å². The molecule has 1 aliphatic rings. The number of aryl methyl sites for hydroxylation is 1. The molecule has 3 rings (SSSR count). The Balaban J connectivity index is 1.68. The fourth-order valence-corrected chi connectivity index (χ4v) is 3.48. The fourth-order valence-electron chi connectivity index (χ4n) is 3.14. The van der Waals surface area contributed by atoms with Gasteiger partial charge in [0.2, 0.25) is 5.91 Å². The molecule has 0 saturated carbocycles. The monoisotopic (exact) mass is 362 g/mol. The molecular formula is C19H20Cl2N2O. The van der Waals surface area contributed by atoms with Crippen molar-refractivity contribution in [2.24, 2.45) is 0 Å². The molecule has 0 saturated heterocycles. The number of nitrogens with one attached hydrogen (secondary N) is 2. The van der Waals surface area contributed by atoms with E-state index in [1.165, 1.54) is 11.1 Å². The minimum atomic E-state index is -0.337. The molecule has 2 atom stereocenters. The van der Waals surface area contributed by atoms with Crippen LogP contribution in [0.3, 0.4) is 0 Å². The summed E-state index contributed by atoms with van der Waals surface area (Å²) in [5.74, 6) is -0.123. The minimum absolute atomic E-state index is 0.123. The molecule has 2 N–H and O–H groups in total. The lowest BCUT2D eigenvalue weighted by molar-refractivity contribution is -0.118. The summed E-state index contributed by atoms with van der Waals surface area (Å²) in [5, 5.41) is 7.30. The van der Waals surface area contributed by atoms with E-state index in [4.69, 9.17) is 23.2 Å². The SMILES string of the molecule is C[C@H](N[C@H]1CCCc2ccccc21)C(=O)Nc1cc(Cl)ccc1Cl. The Labute approximate surface area is 152 Å². The number of anilines is 1. The summed E-state index contributed by atoms with van der Waals surface area (Å²) in [6.07, 6.45) is 3.27. The van der Waals surface area contributed by atoms with Gasteiger partial charge >= 0.3 is 0 Å². The topological polar surface area (TPSA) is 41.1 Å². The average molecular weight is 363 g/mol. The molecule has 0 unspecified atom stereocenters. The van der Waals surface area contributed by atoms with Gasteiger partial charge in [0.05, 0.1) is 16.8 Å². The van der Waals surface area contributed by atoms with Crippen LogP contribution in [0, 0.1) is 0 Å². The van der Waals surface area contributed by atoms with Crippen LogP contribution >= 0.6 is 23.2 Å². The van der Waals surface area contributed by atoms with Crippen LogP contribution < -0.4 is 10.6 Å². The van der Waals surface area contributed by atoms with Gasteiger partial charge in [-0.25, -0.2) is 0 Å². The number of halogens is 2. The lowest BCUT2D eigenvalue weighted by atomic mass is 9.87. The Bertz CT molecular complexity index is 748. The molecule has 1 aliphatic carbocycles. The highest BCUT2D eigenvalue weighted by Gasteiger charge is 2.24. The quantitative estimate of drug-likeness (QED) is 0.804. The summed E-state index contributed by atoms with van der Waals surface area (Å²) in [6, 6.07) is 13.3. The Morgan fingerprint density at radius 1 is 1.21 bits per heavy atom. The highest BCUT2D eigenvalue weighted by molar-refractivity contribution is 6.35. The largest absolute Gasteiger partial charge is 0.323 e. The van der Waals surface area contributed by atoms with Crippen molar-refractivity contribution in [1.29, 1.82) is 0 Å². The zero-order chi connectivity index (χ0) is 17.1. The van der Waals surface area contributed by atoms with Gasteiger partial charge < -0.3 is 5.32 Å². The number of amides is 1. The third kappa shape index (κ3) is 3.92. The zero-order valence-corrected chi connectivity index (χ0v) is 15.0. The van der Waals surface area contributed by atoms with Crippen LogP contribution in [0.15, 0.2) is 42.5 Å². The second-order valence-electron chi connectivity index (χ2n) is 6.15. The van der Waals surface area contributed by atoms with Crippen molar-refractivity contribution < 1.29 is 4.79 Å². The Kier molecular flexibility index (Phi) is 5.44. The highest BCUT2D eigenvalue weighted by Crippen LogP contribution is 2.30. The predicted molar refractivity (Wildman–Crippen MR) is 99.8 cm³/mol. The van der Waals surface area contributed by atoms with Gasteiger partial charge in [0, 0.05) is 11.1 Å². The van der Waals surface area contributed by atoms with Crippen LogP contribution in [0.4, 0.5) is 5.69 Å². The molecular weight excluding hydrogens is 343 g/mol. The van der Waals surface area contributed by atoms with E-state index >= 15 is 0 Å². The molecule has 0 aliphatic heterocycles. The van der Waals surface area contributed by atoms with E-state index in [0.29, 0.717) is 15.7 Å². The van der Waals surface area contributed by atoms with Crippen molar-refractivity contribution in [2.45, 2.75) is 38.3 Å². The van der Waals surface area contributed by atoms with E-state index in [0.717, 1.165) is 19.3 Å². The van der Waals surface area contributed by atoms with Gasteiger partial charge in [-0.3, -0.25) is 10.1 Å². The van der Waals surface area contributed by atoms with Crippen LogP contribution in [0.2, 0.25) is 10.0 Å². The lowest BCUT2D eigenvalue weighted by Gasteiger charge is -2.29. The Morgan fingerprint density at radius 2 is 2.00 bits per heavy atom. The number of fused-ring (bicyclic) bond motifs is 1. The molecule has 2 aromatic carbocycles. The van der Waals surface area contributed by atoms with Gasteiger partial charge in [0.1, 0.15) is 0 Å². The van der Waals surface area contributed by atoms with Gasteiger partial charge in [0.15, 0.2) is 0 Å². The molecule has 3 nitrogen and oxygen atoms in total. The molecule has 0 bridgehead atoms. The third-order valence-electron chi connectivity index (χ3n) is 4.40. The van der Waals surface area contributed by atoms with Crippen LogP contribution in [0.5, 0.6) is 0 Å². The number of carbonyl (C=O) groups excluding carboxylic acids is 1. The summed E-state index contributed by atoms with van der Waals surface area (Å²) in [7, 11) is 0. The summed E-state index contributed by atoms with van der Waals surface area (Å²) < 4.78 is 0. The van der Waals surface area contributed by atoms with Crippen molar-refractivity contribution in [1.82, 2.24) is 5.32 Å². The second-order valence-corrected chi connectivity index (χ2v) is 6.99. The molecule has 0 radical (unpaired) electrons. The van der Waals surface area contributed by atoms with Crippen molar-refractivity contribution in [2.75, 3.05) is 5.32 Å². The van der Waals surface area contributed by atoms with Crippen LogP contribution in [-0.2, 0) is 11.2 Å². The maximum absolute atomic E-state index is 12.5. The minimum Gasteiger partial charge on any atom is -0.323 e. The predicted octanol–water partition coefficient (Wildman–Crippen LogP) is 4.99. The first-order chi connectivity index (χ1) is 11.5. The van der Waals surface area contributed by atoms with Crippen molar-refractivity contribution >= 4 is 34.8 Å². The number of benzene rings is 2. The smallest absolute Gasteiger partial charge is 0.241 e. The zero-order valence-electron chi connectivity index (χ0n) is 13.5. The van der Waals surface area contributed by atoms with Crippen LogP contribution in [0.1, 0.15) is 36.9 Å². The van der Waals surface area contributed by atoms with E-state index < -0.39 is 0 Å². The van der Waals surface area contributed by atoms with Crippen molar-refractivity contribution in [3.05, 3.63) is 63.6 Å². The van der Waals surface area contributed by atoms with E-state index in [-0.39, 0.29) is 18.0 Å². The molecule has 5 heteroatoms. The average Bonchev–Trinajstić information content (AvgIpc) is 2.58. The Morgan fingerprint density at radius 3 is 2.83 bits per heavy atom. The lowest BCUT2D eigenvalue weighted by Crippen LogP contribution is -2.41. The van der Waals surface area contributed by atoms with Crippen LogP contribution in [-0.4, -0.2) is 11.9 Å². The first kappa shape index (κ1) is 17.3. The maximum atomic E-state index is 12.5. The highest BCUT2D eigenvalue weighted by atomic mass is 35.5. The van der Waals surface area contributed by atoms with E-state index in [1.54, 1.807) is 18.2 Å². The maximum Gasteiger partial charge on any atom is 0.241 e. The van der Waals surface area contributed by atoms with Gasteiger partial charge in [0.25, 0.3) is 0 Å². The molecule has 1 amide bonds. The summed E-state index contributed by atoms with van der Waals surface area (Å²) in [6.45, 7) is 1.87. The molecule has 0 spiro atoms. The van der Waals surface area contributed by atoms with Gasteiger partial charge in [-0.2, -0.15) is 0 Å². The molecule has 2 aromatic rings. The summed E-state index contributed by atoms with van der Waals surface area (Å²) >= 11 is 12.1. The summed E-state index contributed by atoms with van der Waals surface area (Å²) in [5.41, 5.74) is 3.20. The molecule has 24 heavy (non-hydrogen) atoms.